The van der Waals surface area contributed by atoms with Crippen LogP contribution >= 0.6 is 0 Å². The average Bonchev–Trinajstić information content (AvgIpc) is 2.77. The Morgan fingerprint density at radius 1 is 1.20 bits per heavy atom. The van der Waals surface area contributed by atoms with Gasteiger partial charge < -0.3 is 10.2 Å². The Bertz CT molecular complexity index is 562. The molecular formula is C15H19N5. The topological polar surface area (TPSA) is 53.9 Å². The molecule has 5 nitrogen and oxygen atoms in total. The molecule has 0 atom stereocenters. The number of pyridine rings is 1. The number of aromatic nitrogens is 3. The third-order valence-corrected chi connectivity index (χ3v) is 3.45. The van der Waals surface area contributed by atoms with Crippen molar-refractivity contribution in [3.8, 4) is 11.3 Å². The summed E-state index contributed by atoms with van der Waals surface area (Å²) in [5.41, 5.74) is 1.98. The first kappa shape index (κ1) is 13.0. The van der Waals surface area contributed by atoms with Gasteiger partial charge in [0.1, 0.15) is 11.6 Å². The van der Waals surface area contributed by atoms with Gasteiger partial charge in [-0.2, -0.15) is 0 Å². The molecule has 2 aromatic rings. The maximum Gasteiger partial charge on any atom is 0.132 e. The van der Waals surface area contributed by atoms with Crippen molar-refractivity contribution in [1.82, 2.24) is 20.3 Å². The summed E-state index contributed by atoms with van der Waals surface area (Å²) in [6.45, 7) is 6.06. The van der Waals surface area contributed by atoms with Crippen LogP contribution in [0.3, 0.4) is 0 Å². The van der Waals surface area contributed by atoms with Gasteiger partial charge in [0.05, 0.1) is 5.69 Å². The monoisotopic (exact) mass is 269 g/mol. The quantitative estimate of drug-likeness (QED) is 0.898. The summed E-state index contributed by atoms with van der Waals surface area (Å²) in [5.74, 6) is 1.82. The Hall–Kier alpha value is -2.01. The highest BCUT2D eigenvalue weighted by molar-refractivity contribution is 5.62. The van der Waals surface area contributed by atoms with Gasteiger partial charge in [-0.25, -0.2) is 9.97 Å². The molecule has 104 valence electrons. The summed E-state index contributed by atoms with van der Waals surface area (Å²) >= 11 is 0. The molecule has 1 aliphatic rings. The maximum atomic E-state index is 4.59. The predicted molar refractivity (Wildman–Crippen MR) is 79.7 cm³/mol. The van der Waals surface area contributed by atoms with Crippen molar-refractivity contribution in [2.75, 3.05) is 31.1 Å². The molecule has 0 aromatic carbocycles. The van der Waals surface area contributed by atoms with Crippen molar-refractivity contribution in [3.05, 3.63) is 36.4 Å². The Kier molecular flexibility index (Phi) is 3.87. The molecule has 0 radical (unpaired) electrons. The van der Waals surface area contributed by atoms with Crippen LogP contribution in [-0.2, 0) is 0 Å². The number of rotatable bonds is 2. The molecule has 0 spiro atoms. The third kappa shape index (κ3) is 2.93. The van der Waals surface area contributed by atoms with Gasteiger partial charge in [-0.3, -0.25) is 4.98 Å². The minimum atomic E-state index is 0.804. The summed E-state index contributed by atoms with van der Waals surface area (Å²) < 4.78 is 0. The summed E-state index contributed by atoms with van der Waals surface area (Å²) in [7, 11) is 0. The normalized spacial score (nSPS) is 15.9. The zero-order valence-corrected chi connectivity index (χ0v) is 11.7. The lowest BCUT2D eigenvalue weighted by molar-refractivity contribution is 0.724. The fourth-order valence-corrected chi connectivity index (χ4v) is 2.45. The van der Waals surface area contributed by atoms with Crippen LogP contribution in [-0.4, -0.2) is 41.1 Å². The van der Waals surface area contributed by atoms with Crippen molar-refractivity contribution < 1.29 is 0 Å². The minimum Gasteiger partial charge on any atom is -0.355 e. The van der Waals surface area contributed by atoms with E-state index in [4.69, 9.17) is 0 Å². The van der Waals surface area contributed by atoms with Gasteiger partial charge in [0.2, 0.25) is 0 Å². The van der Waals surface area contributed by atoms with Crippen LogP contribution in [0, 0.1) is 6.92 Å². The van der Waals surface area contributed by atoms with Crippen molar-refractivity contribution in [3.63, 3.8) is 0 Å². The van der Waals surface area contributed by atoms with Gasteiger partial charge in [-0.1, -0.05) is 0 Å². The first-order chi connectivity index (χ1) is 9.83. The van der Waals surface area contributed by atoms with Gasteiger partial charge in [-0.05, 0) is 32.0 Å². The maximum absolute atomic E-state index is 4.59. The SMILES string of the molecule is Cc1nc(-c2cccnc2)cc(N2CCCNCC2)n1. The van der Waals surface area contributed by atoms with Crippen LogP contribution in [0.2, 0.25) is 0 Å². The van der Waals surface area contributed by atoms with E-state index < -0.39 is 0 Å². The molecule has 3 rings (SSSR count). The Morgan fingerprint density at radius 2 is 2.15 bits per heavy atom. The standard InChI is InChI=1S/C15H19N5/c1-12-18-14(13-4-2-5-17-11-13)10-15(19-12)20-8-3-6-16-7-9-20/h2,4-5,10-11,16H,3,6-9H2,1H3. The molecule has 0 aliphatic carbocycles. The van der Waals surface area contributed by atoms with Gasteiger partial charge in [0.15, 0.2) is 0 Å². The minimum absolute atomic E-state index is 0.804. The second kappa shape index (κ2) is 5.96. The van der Waals surface area contributed by atoms with E-state index in [1.54, 1.807) is 6.20 Å². The third-order valence-electron chi connectivity index (χ3n) is 3.45. The zero-order valence-electron chi connectivity index (χ0n) is 11.7. The first-order valence-corrected chi connectivity index (χ1v) is 7.05. The van der Waals surface area contributed by atoms with E-state index in [0.29, 0.717) is 0 Å². The van der Waals surface area contributed by atoms with Gasteiger partial charge in [0, 0.05) is 43.7 Å². The summed E-state index contributed by atoms with van der Waals surface area (Å²) in [4.78, 5) is 15.6. The molecule has 0 saturated carbocycles. The van der Waals surface area contributed by atoms with Crippen LogP contribution in [0.4, 0.5) is 5.82 Å². The highest BCUT2D eigenvalue weighted by Gasteiger charge is 2.13. The molecular weight excluding hydrogens is 250 g/mol. The molecule has 5 heteroatoms. The molecule has 0 amide bonds. The van der Waals surface area contributed by atoms with Gasteiger partial charge in [0.25, 0.3) is 0 Å². The lowest BCUT2D eigenvalue weighted by Crippen LogP contribution is -2.28. The van der Waals surface area contributed by atoms with Gasteiger partial charge in [-0.15, -0.1) is 0 Å². The fraction of sp³-hybridized carbons (Fsp3) is 0.400. The highest BCUT2D eigenvalue weighted by atomic mass is 15.2. The van der Waals surface area contributed by atoms with E-state index in [0.717, 1.165) is 55.5 Å². The Morgan fingerprint density at radius 3 is 3.00 bits per heavy atom. The summed E-state index contributed by atoms with van der Waals surface area (Å²) in [5, 5.41) is 3.41. The number of nitrogens with one attached hydrogen (secondary N) is 1. The van der Waals surface area contributed by atoms with Crippen LogP contribution in [0.25, 0.3) is 11.3 Å². The lowest BCUT2D eigenvalue weighted by Gasteiger charge is -2.21. The molecule has 1 aliphatic heterocycles. The second-order valence-corrected chi connectivity index (χ2v) is 4.99. The lowest BCUT2D eigenvalue weighted by atomic mass is 10.2. The van der Waals surface area contributed by atoms with E-state index in [1.165, 1.54) is 0 Å². The second-order valence-electron chi connectivity index (χ2n) is 4.99. The van der Waals surface area contributed by atoms with E-state index >= 15 is 0 Å². The Balaban J connectivity index is 1.94. The van der Waals surface area contributed by atoms with E-state index in [9.17, 15) is 0 Å². The highest BCUT2D eigenvalue weighted by Crippen LogP contribution is 2.21. The van der Waals surface area contributed by atoms with E-state index in [2.05, 4.69) is 31.2 Å². The molecule has 2 aromatic heterocycles. The number of aryl methyl sites for hydroxylation is 1. The van der Waals surface area contributed by atoms with E-state index in [-0.39, 0.29) is 0 Å². The molecule has 1 N–H and O–H groups in total. The predicted octanol–water partition coefficient (Wildman–Crippen LogP) is 1.65. The van der Waals surface area contributed by atoms with Crippen molar-refractivity contribution >= 4 is 5.82 Å². The van der Waals surface area contributed by atoms with Crippen LogP contribution < -0.4 is 10.2 Å². The number of hydrogen-bond donors (Lipinski definition) is 1. The van der Waals surface area contributed by atoms with E-state index in [1.807, 2.05) is 25.3 Å². The van der Waals surface area contributed by atoms with Crippen molar-refractivity contribution in [1.29, 1.82) is 0 Å². The smallest absolute Gasteiger partial charge is 0.132 e. The van der Waals surface area contributed by atoms with Crippen molar-refractivity contribution in [2.45, 2.75) is 13.3 Å². The van der Waals surface area contributed by atoms with Crippen LogP contribution in [0.15, 0.2) is 30.6 Å². The number of hydrogen-bond acceptors (Lipinski definition) is 5. The molecule has 1 fully saturated rings. The molecule has 20 heavy (non-hydrogen) atoms. The molecule has 0 unspecified atom stereocenters. The largest absolute Gasteiger partial charge is 0.355 e. The average molecular weight is 269 g/mol. The Labute approximate surface area is 119 Å². The zero-order chi connectivity index (χ0) is 13.8. The number of nitrogens with zero attached hydrogens (tertiary/aromatic N) is 4. The first-order valence-electron chi connectivity index (χ1n) is 7.05. The summed E-state index contributed by atoms with van der Waals surface area (Å²) in [6.07, 6.45) is 4.76. The van der Waals surface area contributed by atoms with Crippen molar-refractivity contribution in [2.24, 2.45) is 0 Å². The molecule has 1 saturated heterocycles. The molecule has 0 bridgehead atoms. The number of anilines is 1. The van der Waals surface area contributed by atoms with Gasteiger partial charge >= 0.3 is 0 Å². The van der Waals surface area contributed by atoms with Crippen LogP contribution in [0.1, 0.15) is 12.2 Å². The fourth-order valence-electron chi connectivity index (χ4n) is 2.45. The molecule has 3 heterocycles. The van der Waals surface area contributed by atoms with Crippen LogP contribution in [0.5, 0.6) is 0 Å². The summed E-state index contributed by atoms with van der Waals surface area (Å²) in [6, 6.07) is 6.03.